The number of carbonyl (C=O) groups is 1. The number of methoxy groups -OCH3 is 3. The van der Waals surface area contributed by atoms with Crippen LogP contribution in [-0.4, -0.2) is 50.3 Å². The molecule has 0 spiro atoms. The minimum Gasteiger partial charge on any atom is -0.493 e. The Balaban J connectivity index is 1.24. The molecule has 1 aliphatic heterocycles. The summed E-state index contributed by atoms with van der Waals surface area (Å²) < 4.78 is 17.5. The van der Waals surface area contributed by atoms with Crippen molar-refractivity contribution in [3.05, 3.63) is 59.6 Å². The van der Waals surface area contributed by atoms with Gasteiger partial charge in [-0.1, -0.05) is 12.1 Å². The summed E-state index contributed by atoms with van der Waals surface area (Å²) >= 11 is 1.71. The zero-order valence-corrected chi connectivity index (χ0v) is 22.5. The summed E-state index contributed by atoms with van der Waals surface area (Å²) in [5.74, 6) is 2.76. The largest absolute Gasteiger partial charge is 0.493 e. The Hall–Kier alpha value is -4.05. The van der Waals surface area contributed by atoms with Crippen LogP contribution in [0.5, 0.6) is 17.2 Å². The fourth-order valence-corrected chi connectivity index (χ4v) is 5.56. The zero-order valence-electron chi connectivity index (χ0n) is 21.7. The van der Waals surface area contributed by atoms with Crippen LogP contribution in [0.25, 0.3) is 10.1 Å². The summed E-state index contributed by atoms with van der Waals surface area (Å²) in [6.45, 7) is 1.97. The molecule has 0 bridgehead atoms. The van der Waals surface area contributed by atoms with E-state index in [-0.39, 0.29) is 11.8 Å². The van der Waals surface area contributed by atoms with Gasteiger partial charge in [-0.15, -0.1) is 11.3 Å². The molecule has 1 aliphatic rings. The molecule has 0 aliphatic carbocycles. The first-order valence-corrected chi connectivity index (χ1v) is 13.3. The first-order valence-electron chi connectivity index (χ1n) is 12.5. The quantitative estimate of drug-likeness (QED) is 0.311. The third-order valence-corrected chi connectivity index (χ3v) is 7.54. The van der Waals surface area contributed by atoms with Crippen LogP contribution in [0.1, 0.15) is 18.4 Å². The summed E-state index contributed by atoms with van der Waals surface area (Å²) in [4.78, 5) is 24.3. The highest BCUT2D eigenvalue weighted by Crippen LogP contribution is 2.40. The van der Waals surface area contributed by atoms with Crippen molar-refractivity contribution in [2.45, 2.75) is 19.4 Å². The van der Waals surface area contributed by atoms with Crippen LogP contribution in [0.4, 0.5) is 17.5 Å². The number of nitrogens with one attached hydrogen (secondary N) is 2. The summed E-state index contributed by atoms with van der Waals surface area (Å²) in [5, 5.41) is 9.68. The number of anilines is 3. The van der Waals surface area contributed by atoms with Crippen molar-refractivity contribution in [1.29, 1.82) is 0 Å². The molecule has 0 saturated carbocycles. The van der Waals surface area contributed by atoms with Gasteiger partial charge in [0.05, 0.1) is 27.2 Å². The van der Waals surface area contributed by atoms with Crippen molar-refractivity contribution < 1.29 is 19.0 Å². The highest BCUT2D eigenvalue weighted by atomic mass is 32.1. The SMILES string of the molecule is COc1cc(Nc2nccc(N3CCCC(C(=O)NCc4ccc5ccsc5c4)C3)n2)cc(OC)c1OC. The molecule has 3 heterocycles. The molecular weight excluding hydrogens is 502 g/mol. The fraction of sp³-hybridized carbons (Fsp3) is 0.321. The second-order valence-electron chi connectivity index (χ2n) is 9.07. The number of aromatic nitrogens is 2. The molecule has 0 radical (unpaired) electrons. The van der Waals surface area contributed by atoms with Crippen LogP contribution in [0, 0.1) is 5.92 Å². The molecule has 2 aromatic heterocycles. The van der Waals surface area contributed by atoms with Crippen LogP contribution in [0.2, 0.25) is 0 Å². The Labute approximate surface area is 225 Å². The maximum atomic E-state index is 13.0. The van der Waals surface area contributed by atoms with Crippen molar-refractivity contribution in [3.8, 4) is 17.2 Å². The van der Waals surface area contributed by atoms with Crippen LogP contribution < -0.4 is 29.7 Å². The number of ether oxygens (including phenoxy) is 3. The van der Waals surface area contributed by atoms with E-state index in [1.807, 2.05) is 6.07 Å². The van der Waals surface area contributed by atoms with E-state index < -0.39 is 0 Å². The number of hydrogen-bond donors (Lipinski definition) is 2. The number of hydrogen-bond acceptors (Lipinski definition) is 9. The number of rotatable bonds is 9. The summed E-state index contributed by atoms with van der Waals surface area (Å²) in [6.07, 6.45) is 3.49. The monoisotopic (exact) mass is 533 g/mol. The first kappa shape index (κ1) is 25.6. The predicted molar refractivity (Wildman–Crippen MR) is 150 cm³/mol. The van der Waals surface area contributed by atoms with Gasteiger partial charge in [0.1, 0.15) is 5.82 Å². The van der Waals surface area contributed by atoms with Gasteiger partial charge >= 0.3 is 0 Å². The van der Waals surface area contributed by atoms with Crippen molar-refractivity contribution in [1.82, 2.24) is 15.3 Å². The van der Waals surface area contributed by atoms with Crippen molar-refractivity contribution in [2.75, 3.05) is 44.6 Å². The normalized spacial score (nSPS) is 15.2. The Kier molecular flexibility index (Phi) is 7.78. The summed E-state index contributed by atoms with van der Waals surface area (Å²) in [6, 6.07) is 13.9. The van der Waals surface area contributed by atoms with E-state index in [1.54, 1.807) is 51.0 Å². The highest BCUT2D eigenvalue weighted by molar-refractivity contribution is 7.17. The third-order valence-electron chi connectivity index (χ3n) is 6.67. The lowest BCUT2D eigenvalue weighted by atomic mass is 9.97. The number of carbonyl (C=O) groups excluding carboxylic acids is 1. The van der Waals surface area contributed by atoms with E-state index in [0.717, 1.165) is 30.8 Å². The average molecular weight is 534 g/mol. The van der Waals surface area contributed by atoms with E-state index in [4.69, 9.17) is 19.2 Å². The molecule has 10 heteroatoms. The number of amides is 1. The van der Waals surface area contributed by atoms with Crippen LogP contribution >= 0.6 is 11.3 Å². The lowest BCUT2D eigenvalue weighted by molar-refractivity contribution is -0.125. The standard InChI is InChI=1S/C28H31N5O4S/c1-35-22-14-21(15-23(36-2)26(22)37-3)31-28-29-10-8-25(32-28)33-11-4-5-20(17-33)27(34)30-16-18-6-7-19-9-12-38-24(19)13-18/h6-10,12-15,20H,4-5,11,16-17H2,1-3H3,(H,30,34)(H,29,31,32). The van der Waals surface area contributed by atoms with Gasteiger partial charge in [0.2, 0.25) is 17.6 Å². The van der Waals surface area contributed by atoms with Gasteiger partial charge in [-0.25, -0.2) is 4.98 Å². The third kappa shape index (κ3) is 5.60. The van der Waals surface area contributed by atoms with Gasteiger partial charge in [-0.3, -0.25) is 4.79 Å². The van der Waals surface area contributed by atoms with E-state index in [0.29, 0.717) is 42.0 Å². The van der Waals surface area contributed by atoms with Crippen LogP contribution in [0.3, 0.4) is 0 Å². The second kappa shape index (κ2) is 11.6. The highest BCUT2D eigenvalue weighted by Gasteiger charge is 2.26. The van der Waals surface area contributed by atoms with Crippen molar-refractivity contribution >= 4 is 44.8 Å². The maximum absolute atomic E-state index is 13.0. The topological polar surface area (TPSA) is 97.8 Å². The Morgan fingerprint density at radius 2 is 1.89 bits per heavy atom. The molecule has 2 N–H and O–H groups in total. The number of nitrogens with zero attached hydrogens (tertiary/aromatic N) is 3. The van der Waals surface area contributed by atoms with Gasteiger partial charge in [-0.2, -0.15) is 4.98 Å². The van der Waals surface area contributed by atoms with Gasteiger partial charge in [-0.05, 0) is 47.4 Å². The average Bonchev–Trinajstić information content (AvgIpc) is 3.43. The van der Waals surface area contributed by atoms with E-state index >= 15 is 0 Å². The predicted octanol–water partition coefficient (Wildman–Crippen LogP) is 4.99. The number of fused-ring (bicyclic) bond motifs is 1. The Morgan fingerprint density at radius 3 is 2.66 bits per heavy atom. The molecule has 1 saturated heterocycles. The smallest absolute Gasteiger partial charge is 0.229 e. The zero-order chi connectivity index (χ0) is 26.5. The van der Waals surface area contributed by atoms with Crippen molar-refractivity contribution in [2.24, 2.45) is 5.92 Å². The molecule has 5 rings (SSSR count). The van der Waals surface area contributed by atoms with Gasteiger partial charge in [0.15, 0.2) is 11.5 Å². The minimum atomic E-state index is -0.101. The number of piperidine rings is 1. The minimum absolute atomic E-state index is 0.0748. The van der Waals surface area contributed by atoms with E-state index in [9.17, 15) is 4.79 Å². The van der Waals surface area contributed by atoms with E-state index in [1.165, 1.54) is 10.1 Å². The molecule has 38 heavy (non-hydrogen) atoms. The van der Waals surface area contributed by atoms with Crippen LogP contribution in [-0.2, 0) is 11.3 Å². The molecule has 1 unspecified atom stereocenters. The first-order chi connectivity index (χ1) is 18.6. The Morgan fingerprint density at radius 1 is 1.08 bits per heavy atom. The van der Waals surface area contributed by atoms with E-state index in [2.05, 4.69) is 50.2 Å². The number of benzene rings is 2. The summed E-state index contributed by atoms with van der Waals surface area (Å²) in [5.41, 5.74) is 1.81. The molecule has 198 valence electrons. The van der Waals surface area contributed by atoms with Gasteiger partial charge < -0.3 is 29.7 Å². The lowest BCUT2D eigenvalue weighted by Gasteiger charge is -2.33. The molecular formula is C28H31N5O4S. The maximum Gasteiger partial charge on any atom is 0.229 e. The van der Waals surface area contributed by atoms with Crippen LogP contribution in [0.15, 0.2) is 54.0 Å². The van der Waals surface area contributed by atoms with Gasteiger partial charge in [0.25, 0.3) is 0 Å². The number of thiophene rings is 1. The van der Waals surface area contributed by atoms with Crippen molar-refractivity contribution in [3.63, 3.8) is 0 Å². The lowest BCUT2D eigenvalue weighted by Crippen LogP contribution is -2.43. The fourth-order valence-electron chi connectivity index (χ4n) is 4.71. The second-order valence-corrected chi connectivity index (χ2v) is 10.0. The molecule has 4 aromatic rings. The molecule has 1 fully saturated rings. The van der Waals surface area contributed by atoms with Gasteiger partial charge in [0, 0.05) is 48.4 Å². The molecule has 1 amide bonds. The molecule has 1 atom stereocenters. The summed E-state index contributed by atoms with van der Waals surface area (Å²) in [7, 11) is 4.71. The Bertz CT molecular complexity index is 1400. The molecule has 2 aromatic carbocycles. The molecule has 9 nitrogen and oxygen atoms in total.